The Morgan fingerprint density at radius 3 is 2.45 bits per heavy atom. The van der Waals surface area contributed by atoms with Crippen LogP contribution in [0.3, 0.4) is 0 Å². The van der Waals surface area contributed by atoms with Crippen molar-refractivity contribution in [1.82, 2.24) is 15.0 Å². The Bertz CT molecular complexity index is 687. The predicted octanol–water partition coefficient (Wildman–Crippen LogP) is 4.39. The van der Waals surface area contributed by atoms with E-state index in [1.54, 1.807) is 29.9 Å². The standard InChI is InChI=1S/C16H15N3S/c1-11(2)12-3-5-13(6-4-12)15-10-20-16(19-15)14-9-17-7-8-18-14/h3-11H,1-2H3. The van der Waals surface area contributed by atoms with Crippen LogP contribution in [0.4, 0.5) is 0 Å². The van der Waals surface area contributed by atoms with E-state index in [1.165, 1.54) is 5.56 Å². The van der Waals surface area contributed by atoms with Gasteiger partial charge in [0.1, 0.15) is 10.7 Å². The first-order valence-corrected chi connectivity index (χ1v) is 7.44. The molecule has 20 heavy (non-hydrogen) atoms. The number of benzene rings is 1. The molecule has 0 bridgehead atoms. The highest BCUT2D eigenvalue weighted by atomic mass is 32.1. The van der Waals surface area contributed by atoms with Gasteiger partial charge in [-0.25, -0.2) is 4.98 Å². The van der Waals surface area contributed by atoms with Crippen LogP contribution in [0.5, 0.6) is 0 Å². The molecule has 0 aliphatic heterocycles. The van der Waals surface area contributed by atoms with Gasteiger partial charge in [0.25, 0.3) is 0 Å². The molecule has 0 radical (unpaired) electrons. The van der Waals surface area contributed by atoms with Crippen LogP contribution in [-0.4, -0.2) is 15.0 Å². The van der Waals surface area contributed by atoms with Crippen LogP contribution in [0.15, 0.2) is 48.2 Å². The molecule has 0 N–H and O–H groups in total. The molecule has 2 heterocycles. The Labute approximate surface area is 122 Å². The maximum Gasteiger partial charge on any atom is 0.144 e. The molecule has 3 nitrogen and oxygen atoms in total. The van der Waals surface area contributed by atoms with Crippen molar-refractivity contribution in [3.63, 3.8) is 0 Å². The molecule has 3 aromatic rings. The van der Waals surface area contributed by atoms with Gasteiger partial charge in [0, 0.05) is 23.3 Å². The number of hydrogen-bond donors (Lipinski definition) is 0. The van der Waals surface area contributed by atoms with Crippen LogP contribution in [0.25, 0.3) is 22.0 Å². The van der Waals surface area contributed by atoms with Crippen molar-refractivity contribution >= 4 is 11.3 Å². The average Bonchev–Trinajstić information content (AvgIpc) is 2.98. The molecular weight excluding hydrogens is 266 g/mol. The monoisotopic (exact) mass is 281 g/mol. The maximum absolute atomic E-state index is 4.64. The van der Waals surface area contributed by atoms with Crippen molar-refractivity contribution in [1.29, 1.82) is 0 Å². The third-order valence-corrected chi connectivity index (χ3v) is 4.02. The van der Waals surface area contributed by atoms with E-state index in [0.717, 1.165) is 22.0 Å². The summed E-state index contributed by atoms with van der Waals surface area (Å²) in [5.74, 6) is 0.551. The van der Waals surface area contributed by atoms with Gasteiger partial charge in [-0.2, -0.15) is 0 Å². The van der Waals surface area contributed by atoms with Gasteiger partial charge in [0.2, 0.25) is 0 Å². The van der Waals surface area contributed by atoms with Crippen LogP contribution in [0, 0.1) is 0 Å². The first-order chi connectivity index (χ1) is 9.74. The first-order valence-electron chi connectivity index (χ1n) is 6.56. The van der Waals surface area contributed by atoms with Crippen LogP contribution in [0.2, 0.25) is 0 Å². The SMILES string of the molecule is CC(C)c1ccc(-c2csc(-c3cnccn3)n2)cc1. The van der Waals surface area contributed by atoms with E-state index >= 15 is 0 Å². The molecule has 0 unspecified atom stereocenters. The van der Waals surface area contributed by atoms with E-state index in [0.29, 0.717) is 5.92 Å². The number of aromatic nitrogens is 3. The Morgan fingerprint density at radius 2 is 1.80 bits per heavy atom. The van der Waals surface area contributed by atoms with Crippen molar-refractivity contribution in [2.24, 2.45) is 0 Å². The molecule has 0 saturated heterocycles. The van der Waals surface area contributed by atoms with Gasteiger partial charge in [-0.3, -0.25) is 9.97 Å². The average molecular weight is 281 g/mol. The van der Waals surface area contributed by atoms with Crippen molar-refractivity contribution in [2.75, 3.05) is 0 Å². The Morgan fingerprint density at radius 1 is 1.00 bits per heavy atom. The molecule has 3 rings (SSSR count). The summed E-state index contributed by atoms with van der Waals surface area (Å²) in [6.45, 7) is 4.40. The minimum atomic E-state index is 0.551. The van der Waals surface area contributed by atoms with Gasteiger partial charge < -0.3 is 0 Å². The Kier molecular flexibility index (Phi) is 3.56. The Balaban J connectivity index is 1.90. The van der Waals surface area contributed by atoms with Gasteiger partial charge in [0.15, 0.2) is 0 Å². The van der Waals surface area contributed by atoms with E-state index < -0.39 is 0 Å². The van der Waals surface area contributed by atoms with Crippen LogP contribution < -0.4 is 0 Å². The second-order valence-corrected chi connectivity index (χ2v) is 5.76. The molecule has 4 heteroatoms. The lowest BCUT2D eigenvalue weighted by molar-refractivity contribution is 0.867. The number of rotatable bonds is 3. The summed E-state index contributed by atoms with van der Waals surface area (Å²) in [4.78, 5) is 13.0. The highest BCUT2D eigenvalue weighted by Crippen LogP contribution is 2.28. The van der Waals surface area contributed by atoms with E-state index in [1.807, 2.05) is 0 Å². The van der Waals surface area contributed by atoms with Crippen molar-refractivity contribution < 1.29 is 0 Å². The Hall–Kier alpha value is -2.07. The largest absolute Gasteiger partial charge is 0.261 e. The zero-order chi connectivity index (χ0) is 13.9. The number of nitrogens with zero attached hydrogens (tertiary/aromatic N) is 3. The minimum absolute atomic E-state index is 0.551. The van der Waals surface area contributed by atoms with Gasteiger partial charge >= 0.3 is 0 Å². The first kappa shape index (κ1) is 12.9. The van der Waals surface area contributed by atoms with Gasteiger partial charge in [0.05, 0.1) is 11.9 Å². The molecule has 0 saturated carbocycles. The highest BCUT2D eigenvalue weighted by Gasteiger charge is 2.08. The van der Waals surface area contributed by atoms with E-state index in [4.69, 9.17) is 0 Å². The predicted molar refractivity (Wildman–Crippen MR) is 82.7 cm³/mol. The summed E-state index contributed by atoms with van der Waals surface area (Å²) in [7, 11) is 0. The summed E-state index contributed by atoms with van der Waals surface area (Å²) in [6, 6.07) is 8.60. The molecule has 0 fully saturated rings. The molecular formula is C16H15N3S. The molecule has 1 aromatic carbocycles. The fourth-order valence-electron chi connectivity index (χ4n) is 1.97. The van der Waals surface area contributed by atoms with E-state index in [9.17, 15) is 0 Å². The van der Waals surface area contributed by atoms with Crippen molar-refractivity contribution in [3.05, 3.63) is 53.8 Å². The lowest BCUT2D eigenvalue weighted by atomic mass is 10.0. The maximum atomic E-state index is 4.64. The second kappa shape index (κ2) is 5.51. The fraction of sp³-hybridized carbons (Fsp3) is 0.188. The van der Waals surface area contributed by atoms with Gasteiger partial charge in [-0.15, -0.1) is 11.3 Å². The molecule has 100 valence electrons. The molecule has 0 aliphatic rings. The van der Waals surface area contributed by atoms with Gasteiger partial charge in [-0.05, 0) is 11.5 Å². The smallest absolute Gasteiger partial charge is 0.144 e. The highest BCUT2D eigenvalue weighted by molar-refractivity contribution is 7.13. The van der Waals surface area contributed by atoms with Crippen LogP contribution >= 0.6 is 11.3 Å². The molecule has 2 aromatic heterocycles. The lowest BCUT2D eigenvalue weighted by Gasteiger charge is -2.05. The van der Waals surface area contributed by atoms with E-state index in [2.05, 4.69) is 58.4 Å². The van der Waals surface area contributed by atoms with Crippen molar-refractivity contribution in [2.45, 2.75) is 19.8 Å². The second-order valence-electron chi connectivity index (χ2n) is 4.91. The lowest BCUT2D eigenvalue weighted by Crippen LogP contribution is -1.87. The fourth-order valence-corrected chi connectivity index (χ4v) is 2.76. The topological polar surface area (TPSA) is 38.7 Å². The molecule has 0 spiro atoms. The number of thiazole rings is 1. The van der Waals surface area contributed by atoms with E-state index in [-0.39, 0.29) is 0 Å². The third kappa shape index (κ3) is 2.60. The zero-order valence-corrected chi connectivity index (χ0v) is 12.3. The summed E-state index contributed by atoms with van der Waals surface area (Å²) >= 11 is 1.59. The molecule has 0 atom stereocenters. The summed E-state index contributed by atoms with van der Waals surface area (Å²) in [5, 5.41) is 2.97. The third-order valence-electron chi connectivity index (χ3n) is 3.16. The summed E-state index contributed by atoms with van der Waals surface area (Å²) in [6.07, 6.45) is 5.10. The molecule has 0 aliphatic carbocycles. The van der Waals surface area contributed by atoms with Crippen LogP contribution in [0.1, 0.15) is 25.3 Å². The summed E-state index contributed by atoms with van der Waals surface area (Å²) in [5.41, 5.74) is 4.30. The van der Waals surface area contributed by atoms with Gasteiger partial charge in [-0.1, -0.05) is 38.1 Å². The zero-order valence-electron chi connectivity index (χ0n) is 11.4. The van der Waals surface area contributed by atoms with Crippen LogP contribution in [-0.2, 0) is 0 Å². The number of hydrogen-bond acceptors (Lipinski definition) is 4. The quantitative estimate of drug-likeness (QED) is 0.714. The van der Waals surface area contributed by atoms with Crippen molar-refractivity contribution in [3.8, 4) is 22.0 Å². The summed E-state index contributed by atoms with van der Waals surface area (Å²) < 4.78 is 0. The molecule has 0 amide bonds. The minimum Gasteiger partial charge on any atom is -0.261 e. The normalized spacial score (nSPS) is 10.9.